The van der Waals surface area contributed by atoms with Crippen LogP contribution < -0.4 is 4.74 Å². The van der Waals surface area contributed by atoms with Crippen molar-refractivity contribution in [1.29, 1.82) is 0 Å². The first-order valence-corrected chi connectivity index (χ1v) is 6.97. The molecule has 0 saturated carbocycles. The molecule has 19 heavy (non-hydrogen) atoms. The lowest BCUT2D eigenvalue weighted by Gasteiger charge is -2.16. The zero-order chi connectivity index (χ0) is 14.0. The summed E-state index contributed by atoms with van der Waals surface area (Å²) in [5, 5.41) is 11.1. The number of ether oxygens (including phenoxy) is 1. The summed E-state index contributed by atoms with van der Waals surface area (Å²) in [4.78, 5) is 0. The van der Waals surface area contributed by atoms with E-state index in [1.54, 1.807) is 19.2 Å². The molecule has 2 aromatic rings. The van der Waals surface area contributed by atoms with Crippen LogP contribution in [0.5, 0.6) is 5.75 Å². The van der Waals surface area contributed by atoms with Crippen LogP contribution in [0.2, 0.25) is 5.02 Å². The molecule has 0 aromatic heterocycles. The quantitative estimate of drug-likeness (QED) is 0.890. The van der Waals surface area contributed by atoms with E-state index < -0.39 is 6.10 Å². The highest BCUT2D eigenvalue weighted by atomic mass is 79.9. The molecule has 0 amide bonds. The Morgan fingerprint density at radius 2 is 1.95 bits per heavy atom. The summed E-state index contributed by atoms with van der Waals surface area (Å²) in [6.07, 6.45) is -0.747. The summed E-state index contributed by atoms with van der Waals surface area (Å²) in [5.41, 5.74) is 2.58. The number of aliphatic hydroxyl groups is 1. The monoisotopic (exact) mass is 340 g/mol. The number of benzene rings is 2. The Morgan fingerprint density at radius 3 is 2.58 bits per heavy atom. The van der Waals surface area contributed by atoms with Crippen molar-refractivity contribution in [3.63, 3.8) is 0 Å². The van der Waals surface area contributed by atoms with Gasteiger partial charge in [-0.15, -0.1) is 0 Å². The Balaban J connectivity index is 2.45. The molecular weight excluding hydrogens is 328 g/mol. The minimum Gasteiger partial charge on any atom is -0.496 e. The molecule has 0 radical (unpaired) electrons. The molecule has 0 heterocycles. The standard InChI is InChI=1S/C15H14BrClO2/c1-9-3-6-14(19-2)11(7-9)15(18)10-4-5-13(17)12(16)8-10/h3-8,15,18H,1-2H3. The van der Waals surface area contributed by atoms with E-state index in [-0.39, 0.29) is 0 Å². The van der Waals surface area contributed by atoms with Crippen LogP contribution in [0.1, 0.15) is 22.8 Å². The molecule has 1 unspecified atom stereocenters. The van der Waals surface area contributed by atoms with Gasteiger partial charge >= 0.3 is 0 Å². The van der Waals surface area contributed by atoms with E-state index in [0.29, 0.717) is 10.8 Å². The van der Waals surface area contributed by atoms with Crippen molar-refractivity contribution in [3.05, 3.63) is 62.6 Å². The molecule has 4 heteroatoms. The Kier molecular flexibility index (Phi) is 4.50. The van der Waals surface area contributed by atoms with Crippen LogP contribution in [-0.4, -0.2) is 12.2 Å². The number of rotatable bonds is 3. The molecule has 0 saturated heterocycles. The normalized spacial score (nSPS) is 12.3. The summed E-state index contributed by atoms with van der Waals surface area (Å²) >= 11 is 9.32. The van der Waals surface area contributed by atoms with Crippen molar-refractivity contribution in [3.8, 4) is 5.75 Å². The van der Waals surface area contributed by atoms with Gasteiger partial charge in [0, 0.05) is 10.0 Å². The van der Waals surface area contributed by atoms with Crippen molar-refractivity contribution in [2.45, 2.75) is 13.0 Å². The maximum Gasteiger partial charge on any atom is 0.125 e. The highest BCUT2D eigenvalue weighted by Crippen LogP contribution is 2.33. The number of halogens is 2. The van der Waals surface area contributed by atoms with E-state index in [0.717, 1.165) is 21.2 Å². The van der Waals surface area contributed by atoms with Gasteiger partial charge in [0.1, 0.15) is 11.9 Å². The Hall–Kier alpha value is -1.03. The topological polar surface area (TPSA) is 29.5 Å². The first-order valence-electron chi connectivity index (χ1n) is 5.80. The van der Waals surface area contributed by atoms with Gasteiger partial charge in [0.15, 0.2) is 0 Å². The highest BCUT2D eigenvalue weighted by molar-refractivity contribution is 9.10. The number of methoxy groups -OCH3 is 1. The lowest BCUT2D eigenvalue weighted by atomic mass is 9.99. The van der Waals surface area contributed by atoms with Gasteiger partial charge in [-0.25, -0.2) is 0 Å². The van der Waals surface area contributed by atoms with Crippen molar-refractivity contribution < 1.29 is 9.84 Å². The van der Waals surface area contributed by atoms with E-state index in [4.69, 9.17) is 16.3 Å². The minimum absolute atomic E-state index is 0.618. The van der Waals surface area contributed by atoms with Crippen LogP contribution in [0.25, 0.3) is 0 Å². The minimum atomic E-state index is -0.747. The van der Waals surface area contributed by atoms with Gasteiger partial charge in [-0.1, -0.05) is 29.3 Å². The molecular formula is C15H14BrClO2. The molecule has 0 aliphatic carbocycles. The molecule has 2 rings (SSSR count). The molecule has 1 N–H and O–H groups in total. The van der Waals surface area contributed by atoms with Crippen LogP contribution in [-0.2, 0) is 0 Å². The van der Waals surface area contributed by atoms with Gasteiger partial charge in [0.25, 0.3) is 0 Å². The molecule has 0 aliphatic heterocycles. The smallest absolute Gasteiger partial charge is 0.125 e. The average Bonchev–Trinajstić information content (AvgIpc) is 2.41. The third kappa shape index (κ3) is 3.11. The van der Waals surface area contributed by atoms with E-state index >= 15 is 0 Å². The maximum absolute atomic E-state index is 10.5. The third-order valence-electron chi connectivity index (χ3n) is 2.94. The van der Waals surface area contributed by atoms with Crippen LogP contribution in [0.15, 0.2) is 40.9 Å². The second kappa shape index (κ2) is 5.95. The largest absolute Gasteiger partial charge is 0.496 e. The van der Waals surface area contributed by atoms with Gasteiger partial charge in [0.05, 0.1) is 12.1 Å². The Morgan fingerprint density at radius 1 is 1.21 bits per heavy atom. The summed E-state index contributed by atoms with van der Waals surface area (Å²) in [6, 6.07) is 11.1. The van der Waals surface area contributed by atoms with Crippen LogP contribution in [0, 0.1) is 6.92 Å². The number of aryl methyl sites for hydroxylation is 1. The molecule has 2 aromatic carbocycles. The molecule has 1 atom stereocenters. The fraction of sp³-hybridized carbons (Fsp3) is 0.200. The zero-order valence-electron chi connectivity index (χ0n) is 10.7. The average molecular weight is 342 g/mol. The summed E-state index contributed by atoms with van der Waals surface area (Å²) < 4.78 is 6.06. The SMILES string of the molecule is COc1ccc(C)cc1C(O)c1ccc(Cl)c(Br)c1. The maximum atomic E-state index is 10.5. The van der Waals surface area contributed by atoms with Crippen LogP contribution in [0.4, 0.5) is 0 Å². The Bertz CT molecular complexity index is 599. The van der Waals surface area contributed by atoms with E-state index in [1.807, 2.05) is 31.2 Å². The van der Waals surface area contributed by atoms with Gasteiger partial charge in [0.2, 0.25) is 0 Å². The fourth-order valence-corrected chi connectivity index (χ4v) is 2.44. The fourth-order valence-electron chi connectivity index (χ4n) is 1.93. The number of aliphatic hydroxyl groups excluding tert-OH is 1. The highest BCUT2D eigenvalue weighted by Gasteiger charge is 2.16. The molecule has 100 valence electrons. The first kappa shape index (κ1) is 14.4. The third-order valence-corrected chi connectivity index (χ3v) is 4.15. The van der Waals surface area contributed by atoms with Crippen LogP contribution >= 0.6 is 27.5 Å². The molecule has 0 spiro atoms. The number of hydrogen-bond donors (Lipinski definition) is 1. The van der Waals surface area contributed by atoms with E-state index in [9.17, 15) is 5.11 Å². The van der Waals surface area contributed by atoms with Gasteiger partial charge in [-0.3, -0.25) is 0 Å². The molecule has 0 bridgehead atoms. The van der Waals surface area contributed by atoms with Crippen molar-refractivity contribution >= 4 is 27.5 Å². The molecule has 0 aliphatic rings. The van der Waals surface area contributed by atoms with Gasteiger partial charge < -0.3 is 9.84 Å². The Labute approximate surface area is 126 Å². The zero-order valence-corrected chi connectivity index (χ0v) is 13.0. The molecule has 2 nitrogen and oxygen atoms in total. The second-order valence-electron chi connectivity index (χ2n) is 4.32. The first-order chi connectivity index (χ1) is 9.02. The van der Waals surface area contributed by atoms with E-state index in [1.165, 1.54) is 0 Å². The lowest BCUT2D eigenvalue weighted by Crippen LogP contribution is -2.03. The summed E-state index contributed by atoms with van der Waals surface area (Å²) in [6.45, 7) is 1.98. The van der Waals surface area contributed by atoms with Gasteiger partial charge in [-0.05, 0) is 52.7 Å². The second-order valence-corrected chi connectivity index (χ2v) is 5.58. The van der Waals surface area contributed by atoms with Crippen LogP contribution in [0.3, 0.4) is 0 Å². The van der Waals surface area contributed by atoms with Crippen molar-refractivity contribution in [2.24, 2.45) is 0 Å². The van der Waals surface area contributed by atoms with E-state index in [2.05, 4.69) is 15.9 Å². The summed E-state index contributed by atoms with van der Waals surface area (Å²) in [5.74, 6) is 0.671. The van der Waals surface area contributed by atoms with Crippen molar-refractivity contribution in [1.82, 2.24) is 0 Å². The summed E-state index contributed by atoms with van der Waals surface area (Å²) in [7, 11) is 1.60. The van der Waals surface area contributed by atoms with Crippen molar-refractivity contribution in [2.75, 3.05) is 7.11 Å². The lowest BCUT2D eigenvalue weighted by molar-refractivity contribution is 0.214. The van der Waals surface area contributed by atoms with Gasteiger partial charge in [-0.2, -0.15) is 0 Å². The molecule has 0 fully saturated rings. The number of hydrogen-bond acceptors (Lipinski definition) is 2. The predicted molar refractivity (Wildman–Crippen MR) is 80.9 cm³/mol. The predicted octanol–water partition coefficient (Wildman–Crippen LogP) is 4.50.